The first kappa shape index (κ1) is 22.4. The van der Waals surface area contributed by atoms with E-state index in [0.29, 0.717) is 10.2 Å². The number of hydrogen-bond donors (Lipinski definition) is 2. The van der Waals surface area contributed by atoms with Gasteiger partial charge in [0.05, 0.1) is 0 Å². The van der Waals surface area contributed by atoms with Gasteiger partial charge in [-0.2, -0.15) is 11.8 Å². The highest BCUT2D eigenvalue weighted by atomic mass is 127. The van der Waals surface area contributed by atoms with Gasteiger partial charge < -0.3 is 15.4 Å². The van der Waals surface area contributed by atoms with E-state index >= 15 is 0 Å². The van der Waals surface area contributed by atoms with Gasteiger partial charge in [-0.05, 0) is 49.7 Å². The molecule has 0 aromatic carbocycles. The number of thioether (sulfide) groups is 1. The fourth-order valence-corrected chi connectivity index (χ4v) is 4.72. The molecule has 0 aromatic heterocycles. The van der Waals surface area contributed by atoms with Gasteiger partial charge in [0.25, 0.3) is 0 Å². The Labute approximate surface area is 169 Å². The molecule has 0 atom stereocenters. The summed E-state index contributed by atoms with van der Waals surface area (Å²) in [7, 11) is 1.88. The van der Waals surface area contributed by atoms with Gasteiger partial charge in [-0.15, -0.1) is 24.0 Å². The van der Waals surface area contributed by atoms with E-state index in [-0.39, 0.29) is 24.0 Å². The first-order valence-corrected chi connectivity index (χ1v) is 10.3. The highest BCUT2D eigenvalue weighted by molar-refractivity contribution is 14.0. The van der Waals surface area contributed by atoms with Crippen LogP contribution in [0.25, 0.3) is 0 Å². The van der Waals surface area contributed by atoms with Crippen LogP contribution in [0.2, 0.25) is 0 Å². The number of hydrogen-bond acceptors (Lipinski definition) is 3. The molecule has 4 nitrogen and oxygen atoms in total. The van der Waals surface area contributed by atoms with Gasteiger partial charge in [0.1, 0.15) is 0 Å². The number of guanidine groups is 1. The van der Waals surface area contributed by atoms with Crippen LogP contribution in [-0.2, 0) is 4.74 Å². The van der Waals surface area contributed by atoms with Crippen molar-refractivity contribution in [2.45, 2.75) is 57.1 Å². The van der Waals surface area contributed by atoms with E-state index in [0.717, 1.165) is 51.0 Å². The van der Waals surface area contributed by atoms with Gasteiger partial charge in [0.2, 0.25) is 0 Å². The molecule has 1 saturated heterocycles. The van der Waals surface area contributed by atoms with Crippen molar-refractivity contribution >= 4 is 41.7 Å². The van der Waals surface area contributed by atoms with Gasteiger partial charge in [-0.3, -0.25) is 4.99 Å². The van der Waals surface area contributed by atoms with Crippen LogP contribution in [-0.4, -0.2) is 50.3 Å². The summed E-state index contributed by atoms with van der Waals surface area (Å²) in [5, 5.41) is 7.16. The molecule has 24 heavy (non-hydrogen) atoms. The lowest BCUT2D eigenvalue weighted by atomic mass is 9.64. The Kier molecular flexibility index (Phi) is 9.74. The molecule has 0 aromatic rings. The zero-order valence-corrected chi connectivity index (χ0v) is 19.0. The second-order valence-corrected chi connectivity index (χ2v) is 9.00. The van der Waals surface area contributed by atoms with E-state index in [1.165, 1.54) is 25.7 Å². The van der Waals surface area contributed by atoms with Gasteiger partial charge >= 0.3 is 0 Å². The number of rotatable bonds is 7. The molecule has 1 heterocycles. The van der Waals surface area contributed by atoms with Crippen molar-refractivity contribution in [1.29, 1.82) is 0 Å². The Morgan fingerprint density at radius 2 is 1.75 bits per heavy atom. The molecule has 1 saturated carbocycles. The molecule has 0 radical (unpaired) electrons. The smallest absolute Gasteiger partial charge is 0.191 e. The Morgan fingerprint density at radius 1 is 1.12 bits per heavy atom. The molecule has 6 heteroatoms. The second kappa shape index (κ2) is 10.5. The van der Waals surface area contributed by atoms with Crippen LogP contribution in [0.3, 0.4) is 0 Å². The molecule has 2 rings (SSSR count). The minimum absolute atomic E-state index is 0. The monoisotopic (exact) mass is 469 g/mol. The summed E-state index contributed by atoms with van der Waals surface area (Å²) in [6.45, 7) is 8.45. The Bertz CT molecular complexity index is 394. The molecular weight excluding hydrogens is 433 g/mol. The molecule has 0 spiro atoms. The normalized spacial score (nSPS) is 22.5. The maximum Gasteiger partial charge on any atom is 0.191 e. The molecule has 2 fully saturated rings. The largest absolute Gasteiger partial charge is 0.381 e. The lowest BCUT2D eigenvalue weighted by Gasteiger charge is -2.44. The Hall–Kier alpha value is 0.310. The minimum atomic E-state index is 0. The topological polar surface area (TPSA) is 45.7 Å². The van der Waals surface area contributed by atoms with E-state index in [2.05, 4.69) is 35.7 Å². The number of nitrogens with zero attached hydrogens (tertiary/aromatic N) is 1. The van der Waals surface area contributed by atoms with E-state index in [1.807, 2.05) is 18.8 Å². The van der Waals surface area contributed by atoms with Gasteiger partial charge in [-0.25, -0.2) is 0 Å². The lowest BCUT2D eigenvalue weighted by molar-refractivity contribution is 0.0781. The molecule has 142 valence electrons. The molecule has 0 amide bonds. The van der Waals surface area contributed by atoms with Gasteiger partial charge in [0.15, 0.2) is 5.96 Å². The summed E-state index contributed by atoms with van der Waals surface area (Å²) in [5.74, 6) is 1.73. The molecule has 0 bridgehead atoms. The van der Waals surface area contributed by atoms with Crippen LogP contribution in [0, 0.1) is 11.3 Å². The lowest BCUT2D eigenvalue weighted by Crippen LogP contribution is -2.51. The summed E-state index contributed by atoms with van der Waals surface area (Å²) < 4.78 is 5.82. The number of nitrogens with one attached hydrogen (secondary N) is 2. The Morgan fingerprint density at radius 3 is 2.21 bits per heavy atom. The Balaban J connectivity index is 0.00000288. The van der Waals surface area contributed by atoms with Crippen molar-refractivity contribution in [1.82, 2.24) is 10.6 Å². The molecule has 1 aliphatic carbocycles. The third-order valence-electron chi connectivity index (χ3n) is 5.52. The second-order valence-electron chi connectivity index (χ2n) is 7.73. The van der Waals surface area contributed by atoms with Crippen LogP contribution in [0.15, 0.2) is 4.99 Å². The fraction of sp³-hybridized carbons (Fsp3) is 0.944. The van der Waals surface area contributed by atoms with E-state index in [9.17, 15) is 0 Å². The zero-order valence-electron chi connectivity index (χ0n) is 15.8. The summed E-state index contributed by atoms with van der Waals surface area (Å²) in [6, 6.07) is 0. The van der Waals surface area contributed by atoms with E-state index < -0.39 is 0 Å². The average Bonchev–Trinajstić information content (AvgIpc) is 2.52. The first-order valence-electron chi connectivity index (χ1n) is 9.11. The average molecular weight is 469 g/mol. The van der Waals surface area contributed by atoms with Crippen molar-refractivity contribution < 1.29 is 4.74 Å². The van der Waals surface area contributed by atoms with Crippen LogP contribution in [0.5, 0.6) is 0 Å². The maximum atomic E-state index is 5.52. The van der Waals surface area contributed by atoms with Crippen molar-refractivity contribution in [2.24, 2.45) is 16.3 Å². The minimum Gasteiger partial charge on any atom is -0.381 e. The predicted octanol–water partition coefficient (Wildman–Crippen LogP) is 3.90. The highest BCUT2D eigenvalue weighted by Crippen LogP contribution is 2.45. The quantitative estimate of drug-likeness (QED) is 0.337. The molecule has 2 aliphatic rings. The van der Waals surface area contributed by atoms with Crippen molar-refractivity contribution in [3.63, 3.8) is 0 Å². The number of ether oxygens (including phenoxy) is 1. The fourth-order valence-electron chi connectivity index (χ4n) is 3.93. The predicted molar refractivity (Wildman–Crippen MR) is 117 cm³/mol. The van der Waals surface area contributed by atoms with Gasteiger partial charge in [-0.1, -0.05) is 20.3 Å². The van der Waals surface area contributed by atoms with Crippen LogP contribution < -0.4 is 10.6 Å². The standard InChI is InChI=1S/C18H35N3OS.HI/c1-15(2)12-17(6-5-7-17)13-20-16(19-3)21-14-18(23-4)8-10-22-11-9-18;/h15H,5-14H2,1-4H3,(H2,19,20,21);1H. The van der Waals surface area contributed by atoms with Gasteiger partial charge in [0, 0.05) is 38.1 Å². The molecular formula is C18H36IN3OS. The summed E-state index contributed by atoms with van der Waals surface area (Å²) in [5.41, 5.74) is 0.502. The molecule has 1 aliphatic heterocycles. The summed E-state index contributed by atoms with van der Waals surface area (Å²) in [6.07, 6.45) is 9.89. The van der Waals surface area contributed by atoms with Crippen LogP contribution in [0.4, 0.5) is 0 Å². The third kappa shape index (κ3) is 6.24. The van der Waals surface area contributed by atoms with E-state index in [1.54, 1.807) is 0 Å². The van der Waals surface area contributed by atoms with Crippen LogP contribution >= 0.6 is 35.7 Å². The number of aliphatic imine (C=N–C) groups is 1. The zero-order chi connectivity index (χ0) is 16.8. The van der Waals surface area contributed by atoms with E-state index in [4.69, 9.17) is 4.74 Å². The maximum absolute atomic E-state index is 5.52. The van der Waals surface area contributed by atoms with Crippen molar-refractivity contribution in [3.8, 4) is 0 Å². The molecule has 0 unspecified atom stereocenters. The highest BCUT2D eigenvalue weighted by Gasteiger charge is 2.37. The van der Waals surface area contributed by atoms with Crippen molar-refractivity contribution in [3.05, 3.63) is 0 Å². The molecule has 2 N–H and O–H groups in total. The SMILES string of the molecule is CN=C(NCC1(CC(C)C)CCC1)NCC1(SC)CCOCC1.I. The number of halogens is 1. The van der Waals surface area contributed by atoms with Crippen molar-refractivity contribution in [2.75, 3.05) is 39.6 Å². The first-order chi connectivity index (χ1) is 11.0. The third-order valence-corrected chi connectivity index (χ3v) is 6.94. The van der Waals surface area contributed by atoms with Crippen LogP contribution in [0.1, 0.15) is 52.4 Å². The summed E-state index contributed by atoms with van der Waals surface area (Å²) in [4.78, 5) is 4.43. The summed E-state index contributed by atoms with van der Waals surface area (Å²) >= 11 is 1.97.